The molecule has 0 unspecified atom stereocenters. The van der Waals surface area contributed by atoms with Crippen molar-refractivity contribution in [1.29, 1.82) is 0 Å². The number of benzene rings is 1. The number of amides is 2. The van der Waals surface area contributed by atoms with Crippen LogP contribution in [-0.4, -0.2) is 67.0 Å². The molecular formula is C18H23ClN2O5. The largest absolute Gasteiger partial charge is 0.481 e. The number of piperazine rings is 1. The van der Waals surface area contributed by atoms with Crippen LogP contribution in [0.1, 0.15) is 18.1 Å². The van der Waals surface area contributed by atoms with E-state index in [2.05, 4.69) is 0 Å². The predicted octanol–water partition coefficient (Wildman–Crippen LogP) is 1.57. The molecule has 7 nitrogen and oxygen atoms in total. The highest BCUT2D eigenvalue weighted by atomic mass is 35.5. The Morgan fingerprint density at radius 3 is 2.08 bits per heavy atom. The lowest BCUT2D eigenvalue weighted by atomic mass is 10.1. The second kappa shape index (κ2) is 8.89. The lowest BCUT2D eigenvalue weighted by Gasteiger charge is -2.34. The van der Waals surface area contributed by atoms with Crippen LogP contribution in [0.5, 0.6) is 5.75 Å². The van der Waals surface area contributed by atoms with Gasteiger partial charge in [-0.3, -0.25) is 9.59 Å². The van der Waals surface area contributed by atoms with Gasteiger partial charge in [-0.15, -0.1) is 0 Å². The van der Waals surface area contributed by atoms with Gasteiger partial charge in [0.2, 0.25) is 5.91 Å². The van der Waals surface area contributed by atoms with E-state index in [0.717, 1.165) is 11.1 Å². The van der Waals surface area contributed by atoms with Gasteiger partial charge in [-0.25, -0.2) is 4.79 Å². The number of carbonyl (C=O) groups excluding carboxylic acids is 3. The molecule has 0 radical (unpaired) electrons. The summed E-state index contributed by atoms with van der Waals surface area (Å²) in [5.41, 5.74) is 1.64. The predicted molar refractivity (Wildman–Crippen MR) is 96.2 cm³/mol. The van der Waals surface area contributed by atoms with Crippen LogP contribution >= 0.6 is 11.6 Å². The summed E-state index contributed by atoms with van der Waals surface area (Å²) >= 11 is 5.96. The van der Waals surface area contributed by atoms with E-state index < -0.39 is 5.97 Å². The summed E-state index contributed by atoms with van der Waals surface area (Å²) in [6, 6.07) is 3.50. The van der Waals surface area contributed by atoms with Gasteiger partial charge in [0, 0.05) is 38.1 Å². The third kappa shape index (κ3) is 5.36. The van der Waals surface area contributed by atoms with E-state index >= 15 is 0 Å². The molecule has 2 rings (SSSR count). The van der Waals surface area contributed by atoms with Crippen molar-refractivity contribution in [2.24, 2.45) is 0 Å². The number of esters is 1. The molecule has 1 aliphatic rings. The molecule has 1 fully saturated rings. The number of ether oxygens (including phenoxy) is 2. The molecule has 0 aromatic heterocycles. The summed E-state index contributed by atoms with van der Waals surface area (Å²) in [5.74, 6) is -0.318. The van der Waals surface area contributed by atoms with Crippen molar-refractivity contribution in [3.63, 3.8) is 0 Å². The second-order valence-corrected chi connectivity index (χ2v) is 6.64. The van der Waals surface area contributed by atoms with E-state index in [1.54, 1.807) is 21.9 Å². The molecular weight excluding hydrogens is 360 g/mol. The third-order valence-electron chi connectivity index (χ3n) is 4.19. The van der Waals surface area contributed by atoms with E-state index in [0.29, 0.717) is 37.0 Å². The molecule has 0 N–H and O–H groups in total. The van der Waals surface area contributed by atoms with E-state index in [-0.39, 0.29) is 25.0 Å². The minimum Gasteiger partial charge on any atom is -0.481 e. The van der Waals surface area contributed by atoms with Crippen molar-refractivity contribution in [1.82, 2.24) is 9.80 Å². The van der Waals surface area contributed by atoms with Gasteiger partial charge in [0.25, 0.3) is 5.91 Å². The quantitative estimate of drug-likeness (QED) is 0.722. The molecule has 1 aliphatic heterocycles. The molecule has 0 atom stereocenters. The Morgan fingerprint density at radius 1 is 1.00 bits per heavy atom. The van der Waals surface area contributed by atoms with Crippen LogP contribution in [-0.2, 0) is 19.1 Å². The maximum atomic E-state index is 12.1. The Hall–Kier alpha value is -2.28. The highest BCUT2D eigenvalue weighted by molar-refractivity contribution is 6.30. The minimum absolute atomic E-state index is 0.00605. The zero-order valence-electron chi connectivity index (χ0n) is 15.2. The van der Waals surface area contributed by atoms with Gasteiger partial charge in [-0.2, -0.15) is 0 Å². The highest BCUT2D eigenvalue weighted by Crippen LogP contribution is 2.26. The topological polar surface area (TPSA) is 76.2 Å². The van der Waals surface area contributed by atoms with Gasteiger partial charge in [0.1, 0.15) is 5.75 Å². The molecule has 1 aromatic carbocycles. The third-order valence-corrected chi connectivity index (χ3v) is 4.41. The molecule has 0 spiro atoms. The molecule has 0 aliphatic carbocycles. The Morgan fingerprint density at radius 2 is 1.54 bits per heavy atom. The van der Waals surface area contributed by atoms with Crippen LogP contribution in [0.2, 0.25) is 5.02 Å². The van der Waals surface area contributed by atoms with Crippen LogP contribution in [0.25, 0.3) is 0 Å². The average molecular weight is 383 g/mol. The number of rotatable bonds is 5. The zero-order valence-corrected chi connectivity index (χ0v) is 16.0. The van der Waals surface area contributed by atoms with Crippen molar-refractivity contribution in [2.45, 2.75) is 20.8 Å². The Kier molecular flexibility index (Phi) is 6.85. The first kappa shape index (κ1) is 20.0. The fourth-order valence-corrected chi connectivity index (χ4v) is 3.13. The molecule has 1 saturated heterocycles. The van der Waals surface area contributed by atoms with Crippen LogP contribution in [0, 0.1) is 13.8 Å². The number of aryl methyl sites for hydroxylation is 2. The normalized spacial score (nSPS) is 14.2. The number of hydrogen-bond acceptors (Lipinski definition) is 5. The highest BCUT2D eigenvalue weighted by Gasteiger charge is 2.23. The number of hydrogen-bond donors (Lipinski definition) is 0. The monoisotopic (exact) mass is 382 g/mol. The fraction of sp³-hybridized carbons (Fsp3) is 0.500. The summed E-state index contributed by atoms with van der Waals surface area (Å²) in [6.07, 6.45) is 0. The van der Waals surface area contributed by atoms with Crippen LogP contribution in [0.3, 0.4) is 0 Å². The molecule has 1 heterocycles. The Labute approximate surface area is 157 Å². The van der Waals surface area contributed by atoms with Crippen molar-refractivity contribution >= 4 is 29.4 Å². The zero-order chi connectivity index (χ0) is 19.3. The van der Waals surface area contributed by atoms with Crippen molar-refractivity contribution in [3.05, 3.63) is 28.3 Å². The summed E-state index contributed by atoms with van der Waals surface area (Å²) in [4.78, 5) is 38.5. The van der Waals surface area contributed by atoms with Crippen LogP contribution in [0.15, 0.2) is 12.1 Å². The van der Waals surface area contributed by atoms with Crippen molar-refractivity contribution in [2.75, 3.05) is 39.4 Å². The number of nitrogens with zero attached hydrogens (tertiary/aromatic N) is 2. The van der Waals surface area contributed by atoms with E-state index in [4.69, 9.17) is 21.1 Å². The first-order valence-electron chi connectivity index (χ1n) is 8.36. The number of carbonyl (C=O) groups is 3. The van der Waals surface area contributed by atoms with Crippen molar-refractivity contribution < 1.29 is 23.9 Å². The summed E-state index contributed by atoms with van der Waals surface area (Å²) in [6.45, 7) is 6.43. The first-order chi connectivity index (χ1) is 12.3. The maximum absolute atomic E-state index is 12.1. The van der Waals surface area contributed by atoms with Gasteiger partial charge in [0.05, 0.1) is 0 Å². The standard InChI is InChI=1S/C18H23ClN2O5/c1-12-8-15(19)9-13(2)18(12)26-11-17(24)25-10-16(23)21-6-4-20(5-7-21)14(3)22/h8-9H,4-7,10-11H2,1-3H3. The molecule has 2 amide bonds. The SMILES string of the molecule is CC(=O)N1CCN(C(=O)COC(=O)COc2c(C)cc(Cl)cc2C)CC1. The van der Waals surface area contributed by atoms with Gasteiger partial charge in [0.15, 0.2) is 13.2 Å². The molecule has 0 bridgehead atoms. The molecule has 8 heteroatoms. The van der Waals surface area contributed by atoms with Crippen molar-refractivity contribution in [3.8, 4) is 5.75 Å². The van der Waals surface area contributed by atoms with Crippen LogP contribution < -0.4 is 4.74 Å². The molecule has 1 aromatic rings. The summed E-state index contributed by atoms with van der Waals surface area (Å²) in [7, 11) is 0. The number of halogens is 1. The molecule has 142 valence electrons. The van der Waals surface area contributed by atoms with Gasteiger partial charge < -0.3 is 19.3 Å². The lowest BCUT2D eigenvalue weighted by molar-refractivity contribution is -0.154. The first-order valence-corrected chi connectivity index (χ1v) is 8.74. The Bertz CT molecular complexity index is 676. The average Bonchev–Trinajstić information content (AvgIpc) is 2.58. The van der Waals surface area contributed by atoms with Gasteiger partial charge >= 0.3 is 5.97 Å². The second-order valence-electron chi connectivity index (χ2n) is 6.20. The smallest absolute Gasteiger partial charge is 0.344 e. The Balaban J connectivity index is 1.75. The van der Waals surface area contributed by atoms with Gasteiger partial charge in [-0.05, 0) is 37.1 Å². The summed E-state index contributed by atoms with van der Waals surface area (Å²) in [5, 5.41) is 0.602. The summed E-state index contributed by atoms with van der Waals surface area (Å²) < 4.78 is 10.5. The minimum atomic E-state index is -0.616. The lowest BCUT2D eigenvalue weighted by Crippen LogP contribution is -2.51. The van der Waals surface area contributed by atoms with E-state index in [9.17, 15) is 14.4 Å². The van der Waals surface area contributed by atoms with E-state index in [1.807, 2.05) is 13.8 Å². The molecule has 26 heavy (non-hydrogen) atoms. The van der Waals surface area contributed by atoms with E-state index in [1.165, 1.54) is 6.92 Å². The maximum Gasteiger partial charge on any atom is 0.344 e. The van der Waals surface area contributed by atoms with Gasteiger partial charge in [-0.1, -0.05) is 11.6 Å². The molecule has 0 saturated carbocycles. The van der Waals surface area contributed by atoms with Crippen LogP contribution in [0.4, 0.5) is 0 Å². The fourth-order valence-electron chi connectivity index (χ4n) is 2.80.